The van der Waals surface area contributed by atoms with Gasteiger partial charge in [-0.05, 0) is 0 Å². The fraction of sp³-hybridized carbons (Fsp3) is 0.750. The van der Waals surface area contributed by atoms with Gasteiger partial charge in [0.05, 0.1) is 13.2 Å². The van der Waals surface area contributed by atoms with E-state index in [0.717, 1.165) is 27.7 Å². The van der Waals surface area contributed by atoms with Crippen LogP contribution in [0.2, 0.25) is 0 Å². The van der Waals surface area contributed by atoms with Gasteiger partial charge in [0, 0.05) is 34.8 Å². The highest BCUT2D eigenvalue weighted by Gasteiger charge is 2.56. The number of carbonyl (C=O) groups is 4. The lowest BCUT2D eigenvalue weighted by Gasteiger charge is -2.48. The smallest absolute Gasteiger partial charge is 0.303 e. The van der Waals surface area contributed by atoms with E-state index in [1.165, 1.54) is 13.2 Å². The van der Waals surface area contributed by atoms with Crippen molar-refractivity contribution in [3.8, 4) is 0 Å². The largest absolute Gasteiger partial charge is 0.463 e. The first-order chi connectivity index (χ1) is 18.4. The third-order valence-electron chi connectivity index (χ3n) is 5.68. The van der Waals surface area contributed by atoms with E-state index in [1.54, 1.807) is 0 Å². The molecule has 0 aliphatic carbocycles. The summed E-state index contributed by atoms with van der Waals surface area (Å²) < 4.78 is 49.8. The second kappa shape index (κ2) is 15.2. The summed E-state index contributed by atoms with van der Waals surface area (Å²) in [5.41, 5.74) is 0. The van der Waals surface area contributed by atoms with Gasteiger partial charge in [-0.1, -0.05) is 6.08 Å². The molecule has 0 unspecified atom stereocenters. The zero-order valence-electron chi connectivity index (χ0n) is 22.4. The standard InChI is InChI=1S/C24H36O15/c1-7-8-32-21-19(17(30)15(9-25)37-23(21)31-6)39-24-22(36-14(5)29)20(35-13(4)28)18(34-12(3)27)16(38-24)10-33-11(2)26/h7,15-25,30H,1,8-10H2,2-6H3/t15-,16+,17-,18+,19+,20-,21-,22-,23-,24-/m0/s1. The van der Waals surface area contributed by atoms with Crippen molar-refractivity contribution in [1.29, 1.82) is 0 Å². The lowest BCUT2D eigenvalue weighted by molar-refractivity contribution is -0.362. The Balaban J connectivity index is 2.54. The molecule has 0 aromatic rings. The first kappa shape index (κ1) is 32.6. The van der Waals surface area contributed by atoms with Gasteiger partial charge in [0.15, 0.2) is 30.9 Å². The molecule has 0 saturated carbocycles. The van der Waals surface area contributed by atoms with Gasteiger partial charge in [0.1, 0.15) is 37.1 Å². The summed E-state index contributed by atoms with van der Waals surface area (Å²) in [6, 6.07) is 0. The zero-order valence-corrected chi connectivity index (χ0v) is 22.4. The van der Waals surface area contributed by atoms with Crippen molar-refractivity contribution in [2.75, 3.05) is 26.9 Å². The Bertz CT molecular complexity index is 862. The van der Waals surface area contributed by atoms with Crippen molar-refractivity contribution in [1.82, 2.24) is 0 Å². The maximum Gasteiger partial charge on any atom is 0.303 e. The molecule has 2 N–H and O–H groups in total. The number of hydrogen-bond acceptors (Lipinski definition) is 15. The number of aliphatic hydroxyl groups is 2. The molecule has 2 heterocycles. The molecular weight excluding hydrogens is 528 g/mol. The third-order valence-corrected chi connectivity index (χ3v) is 5.68. The normalized spacial score (nSPS) is 34.4. The van der Waals surface area contributed by atoms with Crippen LogP contribution in [0.5, 0.6) is 0 Å². The molecule has 0 amide bonds. The predicted octanol–water partition coefficient (Wildman–Crippen LogP) is -1.25. The van der Waals surface area contributed by atoms with Gasteiger partial charge in [0.25, 0.3) is 0 Å². The topological polar surface area (TPSA) is 192 Å². The summed E-state index contributed by atoms with van der Waals surface area (Å²) in [4.78, 5) is 47.5. The van der Waals surface area contributed by atoms with Crippen molar-refractivity contribution in [2.24, 2.45) is 0 Å². The van der Waals surface area contributed by atoms with Gasteiger partial charge < -0.3 is 52.8 Å². The van der Waals surface area contributed by atoms with Crippen LogP contribution in [0, 0.1) is 0 Å². The second-order valence-electron chi connectivity index (χ2n) is 8.71. The SMILES string of the molecule is C=CCO[C@@H]1[C@@H](OC)O[C@@H](CO)[C@H](O)[C@H]1O[C@@H]1O[C@H](COC(C)=O)[C@@H](OC(C)=O)[C@H](OC(C)=O)[C@@H]1OC(C)=O. The van der Waals surface area contributed by atoms with E-state index in [0.29, 0.717) is 0 Å². The molecule has 39 heavy (non-hydrogen) atoms. The Morgan fingerprint density at radius 1 is 0.795 bits per heavy atom. The Morgan fingerprint density at radius 2 is 1.36 bits per heavy atom. The minimum Gasteiger partial charge on any atom is -0.463 e. The molecule has 2 aliphatic rings. The van der Waals surface area contributed by atoms with Gasteiger partial charge in [-0.3, -0.25) is 19.2 Å². The minimum atomic E-state index is -1.60. The number of methoxy groups -OCH3 is 1. The number of hydrogen-bond donors (Lipinski definition) is 2. The van der Waals surface area contributed by atoms with Crippen LogP contribution < -0.4 is 0 Å². The van der Waals surface area contributed by atoms with Crippen molar-refractivity contribution in [3.63, 3.8) is 0 Å². The molecule has 10 atom stereocenters. The Hall–Kier alpha value is -2.66. The summed E-state index contributed by atoms with van der Waals surface area (Å²) in [7, 11) is 1.31. The van der Waals surface area contributed by atoms with E-state index >= 15 is 0 Å². The quantitative estimate of drug-likeness (QED) is 0.162. The van der Waals surface area contributed by atoms with E-state index < -0.39 is 98.5 Å². The van der Waals surface area contributed by atoms with Crippen LogP contribution >= 0.6 is 0 Å². The third kappa shape index (κ3) is 8.93. The maximum absolute atomic E-state index is 12.1. The average Bonchev–Trinajstić information content (AvgIpc) is 2.85. The van der Waals surface area contributed by atoms with E-state index in [9.17, 15) is 29.4 Å². The molecule has 222 valence electrons. The molecule has 2 rings (SSSR count). The molecule has 0 radical (unpaired) electrons. The van der Waals surface area contributed by atoms with Crippen molar-refractivity contribution in [2.45, 2.75) is 89.1 Å². The van der Waals surface area contributed by atoms with Crippen LogP contribution in [0.15, 0.2) is 12.7 Å². The number of aliphatic hydroxyl groups excluding tert-OH is 2. The fourth-order valence-electron chi connectivity index (χ4n) is 4.20. The van der Waals surface area contributed by atoms with Gasteiger partial charge in [-0.2, -0.15) is 0 Å². The molecule has 0 aromatic heterocycles. The Labute approximate surface area is 225 Å². The van der Waals surface area contributed by atoms with Gasteiger partial charge in [0.2, 0.25) is 0 Å². The average molecular weight is 565 g/mol. The summed E-state index contributed by atoms with van der Waals surface area (Å²) in [6.07, 6.45) is -12.1. The summed E-state index contributed by atoms with van der Waals surface area (Å²) in [5, 5.41) is 20.7. The predicted molar refractivity (Wildman–Crippen MR) is 126 cm³/mol. The Morgan fingerprint density at radius 3 is 1.87 bits per heavy atom. The van der Waals surface area contributed by atoms with Crippen molar-refractivity contribution < 1.29 is 72.0 Å². The molecular formula is C24H36O15. The van der Waals surface area contributed by atoms with E-state index in [1.807, 2.05) is 0 Å². The number of rotatable bonds is 12. The van der Waals surface area contributed by atoms with E-state index in [4.69, 9.17) is 42.6 Å². The number of ether oxygens (including phenoxy) is 9. The van der Waals surface area contributed by atoms with Crippen molar-refractivity contribution >= 4 is 23.9 Å². The molecule has 2 aliphatic heterocycles. The first-order valence-electron chi connectivity index (χ1n) is 12.1. The van der Waals surface area contributed by atoms with Crippen molar-refractivity contribution in [3.05, 3.63) is 12.7 Å². The molecule has 2 saturated heterocycles. The molecule has 15 nitrogen and oxygen atoms in total. The lowest BCUT2D eigenvalue weighted by Crippen LogP contribution is -2.66. The molecule has 0 bridgehead atoms. The zero-order chi connectivity index (χ0) is 29.3. The van der Waals surface area contributed by atoms with Crippen LogP contribution in [0.25, 0.3) is 0 Å². The molecule has 15 heteroatoms. The highest BCUT2D eigenvalue weighted by atomic mass is 16.8. The summed E-state index contributed by atoms with van der Waals surface area (Å²) in [6.45, 7) is 6.88. The molecule has 0 spiro atoms. The van der Waals surface area contributed by atoms with E-state index in [2.05, 4.69) is 6.58 Å². The van der Waals surface area contributed by atoms with Crippen LogP contribution in [-0.2, 0) is 61.8 Å². The number of esters is 4. The molecule has 0 aromatic carbocycles. The van der Waals surface area contributed by atoms with Crippen LogP contribution in [0.1, 0.15) is 27.7 Å². The van der Waals surface area contributed by atoms with Gasteiger partial charge in [-0.15, -0.1) is 6.58 Å². The summed E-state index contributed by atoms with van der Waals surface area (Å²) in [5.74, 6) is -3.13. The van der Waals surface area contributed by atoms with Gasteiger partial charge in [-0.25, -0.2) is 0 Å². The highest BCUT2D eigenvalue weighted by molar-refractivity contribution is 5.68. The maximum atomic E-state index is 12.1. The minimum absolute atomic E-state index is 0.0111. The Kier molecular flexibility index (Phi) is 12.7. The summed E-state index contributed by atoms with van der Waals surface area (Å²) >= 11 is 0. The lowest BCUT2D eigenvalue weighted by atomic mass is 9.96. The highest BCUT2D eigenvalue weighted by Crippen LogP contribution is 2.34. The fourth-order valence-corrected chi connectivity index (χ4v) is 4.20. The second-order valence-corrected chi connectivity index (χ2v) is 8.71. The van der Waals surface area contributed by atoms with Crippen LogP contribution in [0.4, 0.5) is 0 Å². The van der Waals surface area contributed by atoms with Crippen LogP contribution in [-0.4, -0.2) is 122 Å². The van der Waals surface area contributed by atoms with Gasteiger partial charge >= 0.3 is 23.9 Å². The monoisotopic (exact) mass is 564 g/mol. The number of carbonyl (C=O) groups excluding carboxylic acids is 4. The van der Waals surface area contributed by atoms with Crippen LogP contribution in [0.3, 0.4) is 0 Å². The molecule has 2 fully saturated rings. The first-order valence-corrected chi connectivity index (χ1v) is 12.1. The van der Waals surface area contributed by atoms with E-state index in [-0.39, 0.29) is 6.61 Å².